The van der Waals surface area contributed by atoms with Crippen LogP contribution in [0.15, 0.2) is 80.1 Å². The van der Waals surface area contributed by atoms with Gasteiger partial charge in [0.1, 0.15) is 29.1 Å². The first-order valence-corrected chi connectivity index (χ1v) is 15.4. The number of fused-ring (bicyclic) bond motifs is 1. The zero-order valence-electron chi connectivity index (χ0n) is 25.7. The maximum atomic E-state index is 14.0. The number of esters is 2. The fraction of sp³-hybridized carbons (Fsp3) is 0.294. The molecule has 2 aromatic carbocycles. The first kappa shape index (κ1) is 31.5. The Balaban J connectivity index is 1.54. The lowest BCUT2D eigenvalue weighted by molar-refractivity contribution is -0.139. The predicted molar refractivity (Wildman–Crippen MR) is 169 cm³/mol. The Hall–Kier alpha value is -4.90. The van der Waals surface area contributed by atoms with Crippen molar-refractivity contribution < 1.29 is 33.0 Å². The Labute approximate surface area is 263 Å². The Morgan fingerprint density at radius 1 is 1.00 bits per heavy atom. The first-order valence-electron chi connectivity index (χ1n) is 14.6. The molecular formula is C34H34N2O8S. The molecule has 10 nitrogen and oxygen atoms in total. The van der Waals surface area contributed by atoms with Gasteiger partial charge in [0.15, 0.2) is 4.80 Å². The van der Waals surface area contributed by atoms with Crippen molar-refractivity contribution >= 4 is 29.4 Å². The number of aromatic nitrogens is 1. The Morgan fingerprint density at radius 2 is 1.78 bits per heavy atom. The summed E-state index contributed by atoms with van der Waals surface area (Å²) < 4.78 is 29.7. The molecule has 11 heteroatoms. The molecule has 1 aliphatic heterocycles. The van der Waals surface area contributed by atoms with E-state index in [9.17, 15) is 14.4 Å². The third kappa shape index (κ3) is 6.48. The standard InChI is InChI=1S/C34H34N2O8S/c1-6-8-17-43-32(38)22-11-9-21(10-12-22)26-15-14-24(44-26)19-28-31(37)36-30(25-18-23(40-4)13-16-27(25)41-5)29(33(39)42-7-2)20(3)35-34(36)45-28/h9-16,18-19,30H,6-8,17H2,1-5H3/b28-19-/t30-/m0/s1. The Morgan fingerprint density at radius 3 is 2.47 bits per heavy atom. The molecule has 4 aromatic rings. The van der Waals surface area contributed by atoms with Gasteiger partial charge in [-0.3, -0.25) is 9.36 Å². The van der Waals surface area contributed by atoms with E-state index in [4.69, 9.17) is 23.4 Å². The molecule has 0 amide bonds. The number of nitrogens with zero attached hydrogens (tertiary/aromatic N) is 2. The van der Waals surface area contributed by atoms with E-state index < -0.39 is 12.0 Å². The van der Waals surface area contributed by atoms with Gasteiger partial charge in [0, 0.05) is 17.2 Å². The lowest BCUT2D eigenvalue weighted by Gasteiger charge is -2.26. The van der Waals surface area contributed by atoms with E-state index >= 15 is 0 Å². The second-order valence-electron chi connectivity index (χ2n) is 10.2. The molecule has 234 valence electrons. The number of allylic oxidation sites excluding steroid dienone is 1. The van der Waals surface area contributed by atoms with Crippen LogP contribution in [-0.2, 0) is 14.3 Å². The minimum absolute atomic E-state index is 0.161. The van der Waals surface area contributed by atoms with Crippen LogP contribution < -0.4 is 24.4 Å². The van der Waals surface area contributed by atoms with Gasteiger partial charge in [-0.05, 0) is 62.7 Å². The quantitative estimate of drug-likeness (QED) is 0.167. The van der Waals surface area contributed by atoms with Crippen LogP contribution in [0.2, 0.25) is 0 Å². The SMILES string of the molecule is CCCCOC(=O)c1ccc(-c2ccc(/C=c3\sc4n(c3=O)[C@@H](c3cc(OC)ccc3OC)C(C(=O)OCC)=C(C)N=4)o2)cc1. The highest BCUT2D eigenvalue weighted by Gasteiger charge is 2.35. The Kier molecular flexibility index (Phi) is 9.68. The molecular weight excluding hydrogens is 596 g/mol. The highest BCUT2D eigenvalue weighted by Crippen LogP contribution is 2.38. The molecule has 1 atom stereocenters. The molecule has 0 saturated heterocycles. The number of thiazole rings is 1. The van der Waals surface area contributed by atoms with Gasteiger partial charge in [-0.25, -0.2) is 14.6 Å². The fourth-order valence-electron chi connectivity index (χ4n) is 5.02. The van der Waals surface area contributed by atoms with Gasteiger partial charge in [-0.15, -0.1) is 0 Å². The van der Waals surface area contributed by atoms with E-state index in [1.54, 1.807) is 81.6 Å². The van der Waals surface area contributed by atoms with Gasteiger partial charge in [-0.1, -0.05) is 36.8 Å². The minimum Gasteiger partial charge on any atom is -0.497 e. The lowest BCUT2D eigenvalue weighted by Crippen LogP contribution is -2.40. The Bertz CT molecular complexity index is 1930. The van der Waals surface area contributed by atoms with Crippen LogP contribution in [0.5, 0.6) is 11.5 Å². The van der Waals surface area contributed by atoms with E-state index in [-0.39, 0.29) is 23.7 Å². The lowest BCUT2D eigenvalue weighted by atomic mass is 9.95. The maximum absolute atomic E-state index is 14.0. The highest BCUT2D eigenvalue weighted by molar-refractivity contribution is 7.07. The van der Waals surface area contributed by atoms with Crippen LogP contribution in [0.4, 0.5) is 0 Å². The number of ether oxygens (including phenoxy) is 4. The van der Waals surface area contributed by atoms with Gasteiger partial charge in [0.25, 0.3) is 5.56 Å². The summed E-state index contributed by atoms with van der Waals surface area (Å²) in [7, 11) is 3.07. The second-order valence-corrected chi connectivity index (χ2v) is 11.2. The van der Waals surface area contributed by atoms with Crippen molar-refractivity contribution in [3.05, 3.63) is 102 Å². The molecule has 1 aliphatic rings. The number of rotatable bonds is 11. The van der Waals surface area contributed by atoms with E-state index in [1.807, 2.05) is 6.92 Å². The predicted octanol–water partition coefficient (Wildman–Crippen LogP) is 5.03. The van der Waals surface area contributed by atoms with Crippen LogP contribution in [0.25, 0.3) is 17.4 Å². The van der Waals surface area contributed by atoms with Crippen molar-refractivity contribution in [3.8, 4) is 22.8 Å². The first-order chi connectivity index (χ1) is 21.8. The normalized spacial score (nSPS) is 14.5. The van der Waals surface area contributed by atoms with Crippen LogP contribution in [0.3, 0.4) is 0 Å². The molecule has 0 N–H and O–H groups in total. The number of hydrogen-bond donors (Lipinski definition) is 0. The van der Waals surface area contributed by atoms with Gasteiger partial charge in [0.05, 0.1) is 48.8 Å². The monoisotopic (exact) mass is 630 g/mol. The summed E-state index contributed by atoms with van der Waals surface area (Å²) in [4.78, 5) is 44.6. The number of hydrogen-bond acceptors (Lipinski definition) is 10. The van der Waals surface area contributed by atoms with Gasteiger partial charge < -0.3 is 23.4 Å². The number of carbonyl (C=O) groups excluding carboxylic acids is 2. The van der Waals surface area contributed by atoms with Crippen molar-refractivity contribution in [2.24, 2.45) is 4.99 Å². The minimum atomic E-state index is -0.869. The largest absolute Gasteiger partial charge is 0.497 e. The number of methoxy groups -OCH3 is 2. The van der Waals surface area contributed by atoms with E-state index in [1.165, 1.54) is 23.0 Å². The third-order valence-corrected chi connectivity index (χ3v) is 8.27. The smallest absolute Gasteiger partial charge is 0.338 e. The number of unbranched alkanes of at least 4 members (excludes halogenated alkanes) is 1. The number of furan rings is 1. The zero-order chi connectivity index (χ0) is 32.1. The van der Waals surface area contributed by atoms with Crippen LogP contribution in [0.1, 0.15) is 61.3 Å². The average Bonchev–Trinajstić information content (AvgIpc) is 3.64. The van der Waals surface area contributed by atoms with Crippen molar-refractivity contribution in [2.45, 2.75) is 39.7 Å². The molecule has 2 aromatic heterocycles. The summed E-state index contributed by atoms with van der Waals surface area (Å²) in [5, 5.41) is 0. The summed E-state index contributed by atoms with van der Waals surface area (Å²) in [6.07, 6.45) is 3.41. The summed E-state index contributed by atoms with van der Waals surface area (Å²) in [5.41, 5.74) is 2.10. The van der Waals surface area contributed by atoms with Crippen molar-refractivity contribution in [3.63, 3.8) is 0 Å². The van der Waals surface area contributed by atoms with Gasteiger partial charge in [0.2, 0.25) is 0 Å². The number of carbonyl (C=O) groups is 2. The molecule has 0 fully saturated rings. The topological polar surface area (TPSA) is 119 Å². The zero-order valence-corrected chi connectivity index (χ0v) is 26.6. The van der Waals surface area contributed by atoms with E-state index in [0.29, 0.717) is 55.8 Å². The second kappa shape index (κ2) is 13.8. The van der Waals surface area contributed by atoms with Gasteiger partial charge in [-0.2, -0.15) is 0 Å². The van der Waals surface area contributed by atoms with Crippen LogP contribution in [-0.4, -0.2) is 43.9 Å². The highest BCUT2D eigenvalue weighted by atomic mass is 32.1. The van der Waals surface area contributed by atoms with Crippen molar-refractivity contribution in [1.82, 2.24) is 4.57 Å². The number of benzene rings is 2. The molecule has 0 unspecified atom stereocenters. The van der Waals surface area contributed by atoms with Crippen molar-refractivity contribution in [1.29, 1.82) is 0 Å². The summed E-state index contributed by atoms with van der Waals surface area (Å²) >= 11 is 1.19. The summed E-state index contributed by atoms with van der Waals surface area (Å²) in [6.45, 7) is 6.03. The van der Waals surface area contributed by atoms with E-state index in [0.717, 1.165) is 18.4 Å². The molecule has 0 aliphatic carbocycles. The molecule has 0 bridgehead atoms. The van der Waals surface area contributed by atoms with Crippen LogP contribution in [0, 0.1) is 0 Å². The molecule has 3 heterocycles. The summed E-state index contributed by atoms with van der Waals surface area (Å²) in [6, 6.07) is 14.9. The molecule has 0 spiro atoms. The average molecular weight is 631 g/mol. The molecule has 0 radical (unpaired) electrons. The van der Waals surface area contributed by atoms with Crippen molar-refractivity contribution in [2.75, 3.05) is 27.4 Å². The van der Waals surface area contributed by atoms with Crippen LogP contribution >= 0.6 is 11.3 Å². The third-order valence-electron chi connectivity index (χ3n) is 7.28. The van der Waals surface area contributed by atoms with E-state index in [2.05, 4.69) is 4.99 Å². The fourth-order valence-corrected chi connectivity index (χ4v) is 6.04. The molecule has 45 heavy (non-hydrogen) atoms. The maximum Gasteiger partial charge on any atom is 0.338 e. The molecule has 0 saturated carbocycles. The van der Waals surface area contributed by atoms with Gasteiger partial charge >= 0.3 is 11.9 Å². The molecule has 5 rings (SSSR count). The summed E-state index contributed by atoms with van der Waals surface area (Å²) in [5.74, 6) is 1.10.